The summed E-state index contributed by atoms with van der Waals surface area (Å²) in [4.78, 5) is 12.4. The van der Waals surface area contributed by atoms with Gasteiger partial charge in [-0.15, -0.1) is 11.3 Å². The molecular formula is C10H13BrOS. The average molecular weight is 261 g/mol. The monoisotopic (exact) mass is 260 g/mol. The summed E-state index contributed by atoms with van der Waals surface area (Å²) >= 11 is 4.86. The first kappa shape index (κ1) is 10.9. The summed E-state index contributed by atoms with van der Waals surface area (Å²) in [6, 6.07) is 1.90. The number of rotatable bonds is 5. The fourth-order valence-corrected chi connectivity index (χ4v) is 2.51. The Kier molecular flexibility index (Phi) is 4.67. The van der Waals surface area contributed by atoms with Gasteiger partial charge in [0.25, 0.3) is 0 Å². The Morgan fingerprint density at radius 2 is 2.31 bits per heavy atom. The molecule has 0 unspecified atom stereocenters. The summed E-state index contributed by atoms with van der Waals surface area (Å²) in [6.45, 7) is 2.15. The number of halogens is 1. The van der Waals surface area contributed by atoms with Crippen molar-refractivity contribution in [2.24, 2.45) is 0 Å². The second-order valence-electron chi connectivity index (χ2n) is 3.01. The van der Waals surface area contributed by atoms with Gasteiger partial charge in [0.15, 0.2) is 5.78 Å². The molecule has 1 heterocycles. The summed E-state index contributed by atoms with van der Waals surface area (Å²) < 4.78 is 1.01. The SMILES string of the molecule is CCCCCC(=O)c1cc(Br)cs1. The van der Waals surface area contributed by atoms with Crippen LogP contribution >= 0.6 is 27.3 Å². The molecule has 0 atom stereocenters. The van der Waals surface area contributed by atoms with Crippen molar-refractivity contribution in [2.75, 3.05) is 0 Å². The standard InChI is InChI=1S/C10H13BrOS/c1-2-3-4-5-9(12)10-6-8(11)7-13-10/h6-7H,2-5H2,1H3. The summed E-state index contributed by atoms with van der Waals surface area (Å²) in [5.41, 5.74) is 0. The maximum atomic E-state index is 11.5. The number of thiophene rings is 1. The highest BCUT2D eigenvalue weighted by Crippen LogP contribution is 2.21. The van der Waals surface area contributed by atoms with Gasteiger partial charge in [-0.3, -0.25) is 4.79 Å². The van der Waals surface area contributed by atoms with E-state index in [-0.39, 0.29) is 5.78 Å². The zero-order valence-electron chi connectivity index (χ0n) is 7.68. The van der Waals surface area contributed by atoms with E-state index < -0.39 is 0 Å². The van der Waals surface area contributed by atoms with Gasteiger partial charge in [0.05, 0.1) is 4.88 Å². The first-order valence-corrected chi connectivity index (χ1v) is 6.18. The first-order valence-electron chi connectivity index (χ1n) is 4.51. The van der Waals surface area contributed by atoms with Gasteiger partial charge in [0, 0.05) is 16.3 Å². The van der Waals surface area contributed by atoms with Gasteiger partial charge in [-0.05, 0) is 28.4 Å². The van der Waals surface area contributed by atoms with Crippen LogP contribution in [0.25, 0.3) is 0 Å². The van der Waals surface area contributed by atoms with E-state index >= 15 is 0 Å². The predicted molar refractivity (Wildman–Crippen MR) is 60.5 cm³/mol. The smallest absolute Gasteiger partial charge is 0.172 e. The van der Waals surface area contributed by atoms with E-state index in [1.54, 1.807) is 0 Å². The van der Waals surface area contributed by atoms with Crippen molar-refractivity contribution in [3.8, 4) is 0 Å². The Hall–Kier alpha value is -0.150. The fraction of sp³-hybridized carbons (Fsp3) is 0.500. The zero-order valence-corrected chi connectivity index (χ0v) is 10.1. The molecule has 0 N–H and O–H groups in total. The molecule has 0 bridgehead atoms. The minimum Gasteiger partial charge on any atom is -0.293 e. The lowest BCUT2D eigenvalue weighted by Crippen LogP contribution is -1.94. The van der Waals surface area contributed by atoms with Crippen LogP contribution in [-0.4, -0.2) is 5.78 Å². The fourth-order valence-electron chi connectivity index (χ4n) is 1.12. The van der Waals surface area contributed by atoms with Crippen molar-refractivity contribution in [3.63, 3.8) is 0 Å². The third-order valence-corrected chi connectivity index (χ3v) is 3.58. The third kappa shape index (κ3) is 3.61. The van der Waals surface area contributed by atoms with E-state index in [0.29, 0.717) is 6.42 Å². The molecule has 13 heavy (non-hydrogen) atoms. The lowest BCUT2D eigenvalue weighted by molar-refractivity contribution is 0.0983. The van der Waals surface area contributed by atoms with Crippen LogP contribution in [-0.2, 0) is 0 Å². The molecule has 0 fully saturated rings. The van der Waals surface area contributed by atoms with Gasteiger partial charge < -0.3 is 0 Å². The molecule has 0 spiro atoms. The highest BCUT2D eigenvalue weighted by Gasteiger charge is 2.07. The van der Waals surface area contributed by atoms with Crippen LogP contribution in [0.2, 0.25) is 0 Å². The van der Waals surface area contributed by atoms with Crippen molar-refractivity contribution in [3.05, 3.63) is 20.8 Å². The van der Waals surface area contributed by atoms with E-state index in [4.69, 9.17) is 0 Å². The number of carbonyl (C=O) groups excluding carboxylic acids is 1. The van der Waals surface area contributed by atoms with Crippen molar-refractivity contribution in [1.29, 1.82) is 0 Å². The Labute approximate surface area is 91.3 Å². The molecule has 1 aromatic rings. The van der Waals surface area contributed by atoms with E-state index in [1.165, 1.54) is 17.8 Å². The number of hydrogen-bond acceptors (Lipinski definition) is 2. The van der Waals surface area contributed by atoms with Crippen molar-refractivity contribution < 1.29 is 4.79 Å². The molecule has 0 aliphatic rings. The Morgan fingerprint density at radius 3 is 2.85 bits per heavy atom. The summed E-state index contributed by atoms with van der Waals surface area (Å²) in [5.74, 6) is 0.282. The number of Topliss-reactive ketones (excluding diaryl/α,β-unsaturated/α-hetero) is 1. The molecular weight excluding hydrogens is 248 g/mol. The van der Waals surface area contributed by atoms with E-state index in [2.05, 4.69) is 22.9 Å². The zero-order chi connectivity index (χ0) is 9.68. The quantitative estimate of drug-likeness (QED) is 0.571. The molecule has 0 saturated heterocycles. The number of hydrogen-bond donors (Lipinski definition) is 0. The minimum absolute atomic E-state index is 0.282. The highest BCUT2D eigenvalue weighted by molar-refractivity contribution is 9.10. The van der Waals surface area contributed by atoms with Gasteiger partial charge in [0.2, 0.25) is 0 Å². The summed E-state index contributed by atoms with van der Waals surface area (Å²) in [5, 5.41) is 1.95. The molecule has 0 aromatic carbocycles. The molecule has 1 rings (SSSR count). The molecule has 0 radical (unpaired) electrons. The minimum atomic E-state index is 0.282. The van der Waals surface area contributed by atoms with Crippen LogP contribution in [0.5, 0.6) is 0 Å². The topological polar surface area (TPSA) is 17.1 Å². The number of carbonyl (C=O) groups is 1. The molecule has 0 aliphatic carbocycles. The molecule has 72 valence electrons. The molecule has 0 saturated carbocycles. The second kappa shape index (κ2) is 5.55. The van der Waals surface area contributed by atoms with Crippen LogP contribution in [0.3, 0.4) is 0 Å². The number of ketones is 1. The molecule has 0 aliphatic heterocycles. The predicted octanol–water partition coefficient (Wildman–Crippen LogP) is 4.27. The maximum Gasteiger partial charge on any atom is 0.172 e. The van der Waals surface area contributed by atoms with Crippen LogP contribution in [0, 0.1) is 0 Å². The largest absolute Gasteiger partial charge is 0.293 e. The summed E-state index contributed by atoms with van der Waals surface area (Å²) in [6.07, 6.45) is 4.03. The van der Waals surface area contributed by atoms with Gasteiger partial charge in [-0.25, -0.2) is 0 Å². The van der Waals surface area contributed by atoms with E-state index in [9.17, 15) is 4.79 Å². The molecule has 1 nitrogen and oxygen atoms in total. The Balaban J connectivity index is 2.40. The average Bonchev–Trinajstić information content (AvgIpc) is 2.52. The van der Waals surface area contributed by atoms with Crippen molar-refractivity contribution in [2.45, 2.75) is 32.6 Å². The van der Waals surface area contributed by atoms with Gasteiger partial charge in [-0.1, -0.05) is 19.8 Å². The maximum absolute atomic E-state index is 11.5. The van der Waals surface area contributed by atoms with Crippen LogP contribution in [0.4, 0.5) is 0 Å². The summed E-state index contributed by atoms with van der Waals surface area (Å²) in [7, 11) is 0. The first-order chi connectivity index (χ1) is 6.24. The van der Waals surface area contributed by atoms with Crippen molar-refractivity contribution in [1.82, 2.24) is 0 Å². The molecule has 0 amide bonds. The van der Waals surface area contributed by atoms with Gasteiger partial charge >= 0.3 is 0 Å². The molecule has 1 aromatic heterocycles. The Bertz CT molecular complexity index is 280. The second-order valence-corrected chi connectivity index (χ2v) is 4.84. The highest BCUT2D eigenvalue weighted by atomic mass is 79.9. The third-order valence-electron chi connectivity index (χ3n) is 1.85. The van der Waals surface area contributed by atoms with Gasteiger partial charge in [-0.2, -0.15) is 0 Å². The van der Waals surface area contributed by atoms with Gasteiger partial charge in [0.1, 0.15) is 0 Å². The van der Waals surface area contributed by atoms with Crippen LogP contribution < -0.4 is 0 Å². The van der Waals surface area contributed by atoms with E-state index in [1.807, 2.05) is 11.4 Å². The van der Waals surface area contributed by atoms with Crippen LogP contribution in [0.1, 0.15) is 42.3 Å². The van der Waals surface area contributed by atoms with Crippen LogP contribution in [0.15, 0.2) is 15.9 Å². The number of unbranched alkanes of at least 4 members (excludes halogenated alkanes) is 2. The lowest BCUT2D eigenvalue weighted by atomic mass is 10.1. The molecule has 3 heteroatoms. The lowest BCUT2D eigenvalue weighted by Gasteiger charge is -1.95. The normalized spacial score (nSPS) is 10.3. The van der Waals surface area contributed by atoms with Crippen molar-refractivity contribution >= 4 is 33.0 Å². The Morgan fingerprint density at radius 1 is 1.54 bits per heavy atom. The van der Waals surface area contributed by atoms with E-state index in [0.717, 1.165) is 22.2 Å².